The number of nitrogens with one attached hydrogen (secondary N) is 1. The average Bonchev–Trinajstić information content (AvgIpc) is 2.68. The molecular formula is C18H24N4O3S. The van der Waals surface area contributed by atoms with Crippen molar-refractivity contribution in [3.05, 3.63) is 42.6 Å². The molecule has 1 saturated heterocycles. The number of anilines is 2. The fourth-order valence-electron chi connectivity index (χ4n) is 2.91. The minimum atomic E-state index is -3.68. The van der Waals surface area contributed by atoms with Gasteiger partial charge >= 0.3 is 0 Å². The molecule has 0 bridgehead atoms. The Labute approximate surface area is 154 Å². The summed E-state index contributed by atoms with van der Waals surface area (Å²) in [7, 11) is -2.14. The molecule has 0 spiro atoms. The van der Waals surface area contributed by atoms with Crippen LogP contribution in [0, 0.1) is 0 Å². The number of likely N-dealkylation sites (N-methyl/N-ethyl adjacent to an activating group) is 1. The van der Waals surface area contributed by atoms with E-state index in [1.54, 1.807) is 24.4 Å². The average molecular weight is 376 g/mol. The second kappa shape index (κ2) is 7.92. The topological polar surface area (TPSA) is 74.8 Å². The predicted molar refractivity (Wildman–Crippen MR) is 102 cm³/mol. The first-order chi connectivity index (χ1) is 12.5. The lowest BCUT2D eigenvalue weighted by Crippen LogP contribution is -2.46. The monoisotopic (exact) mass is 376 g/mol. The molecule has 2 aromatic rings. The van der Waals surface area contributed by atoms with Crippen molar-refractivity contribution in [2.45, 2.75) is 11.8 Å². The third kappa shape index (κ3) is 4.25. The van der Waals surface area contributed by atoms with Crippen molar-refractivity contribution in [2.75, 3.05) is 49.5 Å². The molecule has 0 aliphatic carbocycles. The maximum atomic E-state index is 12.4. The molecule has 0 unspecified atom stereocenters. The normalized spacial score (nSPS) is 15.7. The van der Waals surface area contributed by atoms with Crippen LogP contribution in [0.1, 0.15) is 6.92 Å². The zero-order valence-electron chi connectivity index (χ0n) is 15.1. The Morgan fingerprint density at radius 2 is 1.77 bits per heavy atom. The van der Waals surface area contributed by atoms with E-state index in [1.165, 1.54) is 19.2 Å². The van der Waals surface area contributed by atoms with Crippen molar-refractivity contribution in [1.82, 2.24) is 9.88 Å². The first kappa shape index (κ1) is 18.5. The standard InChI is InChI=1S/C18H24N4O3S/c1-3-21-10-12-22(13-11-21)15-4-9-18(19-14-15)20-26(23,24)17-7-5-16(25-2)6-8-17/h4-9,14H,3,10-13H2,1-2H3,(H,19,20). The van der Waals surface area contributed by atoms with Crippen LogP contribution in [0.25, 0.3) is 0 Å². The van der Waals surface area contributed by atoms with Crippen LogP contribution in [-0.2, 0) is 10.0 Å². The number of ether oxygens (including phenoxy) is 1. The Morgan fingerprint density at radius 3 is 2.31 bits per heavy atom. The number of hydrogen-bond donors (Lipinski definition) is 1. The van der Waals surface area contributed by atoms with Gasteiger partial charge in [-0.05, 0) is 42.9 Å². The van der Waals surface area contributed by atoms with E-state index in [0.29, 0.717) is 11.6 Å². The van der Waals surface area contributed by atoms with Crippen molar-refractivity contribution in [2.24, 2.45) is 0 Å². The quantitative estimate of drug-likeness (QED) is 0.832. The summed E-state index contributed by atoms with van der Waals surface area (Å²) < 4.78 is 32.5. The van der Waals surface area contributed by atoms with Crippen molar-refractivity contribution in [3.8, 4) is 5.75 Å². The molecule has 2 heterocycles. The molecule has 0 atom stereocenters. The molecular weight excluding hydrogens is 352 g/mol. The van der Waals surface area contributed by atoms with Gasteiger partial charge in [-0.3, -0.25) is 4.72 Å². The molecule has 1 aliphatic heterocycles. The van der Waals surface area contributed by atoms with E-state index in [2.05, 4.69) is 26.4 Å². The van der Waals surface area contributed by atoms with Gasteiger partial charge in [0.05, 0.1) is 23.9 Å². The molecule has 0 amide bonds. The number of benzene rings is 1. The van der Waals surface area contributed by atoms with Crippen LogP contribution < -0.4 is 14.4 Å². The third-order valence-electron chi connectivity index (χ3n) is 4.54. The second-order valence-corrected chi connectivity index (χ2v) is 7.79. The number of rotatable bonds is 6. The first-order valence-corrected chi connectivity index (χ1v) is 10.1. The number of aromatic nitrogens is 1. The number of methoxy groups -OCH3 is 1. The van der Waals surface area contributed by atoms with Gasteiger partial charge in [-0.1, -0.05) is 6.92 Å². The molecule has 1 aromatic carbocycles. The number of nitrogens with zero attached hydrogens (tertiary/aromatic N) is 3. The molecule has 140 valence electrons. The molecule has 7 nitrogen and oxygen atoms in total. The van der Waals surface area contributed by atoms with Crippen LogP contribution >= 0.6 is 0 Å². The summed E-state index contributed by atoms with van der Waals surface area (Å²) >= 11 is 0. The smallest absolute Gasteiger partial charge is 0.263 e. The Balaban J connectivity index is 1.66. The fraction of sp³-hybridized carbons (Fsp3) is 0.389. The molecule has 1 aliphatic rings. The van der Waals surface area contributed by atoms with Gasteiger partial charge < -0.3 is 14.5 Å². The van der Waals surface area contributed by atoms with E-state index in [0.717, 1.165) is 38.4 Å². The molecule has 1 fully saturated rings. The van der Waals surface area contributed by atoms with Crippen molar-refractivity contribution in [3.63, 3.8) is 0 Å². The predicted octanol–water partition coefficient (Wildman–Crippen LogP) is 2.03. The molecule has 1 aromatic heterocycles. The van der Waals surface area contributed by atoms with E-state index < -0.39 is 10.0 Å². The zero-order valence-corrected chi connectivity index (χ0v) is 15.9. The molecule has 0 saturated carbocycles. The Kier molecular flexibility index (Phi) is 5.63. The van der Waals surface area contributed by atoms with E-state index in [-0.39, 0.29) is 4.90 Å². The summed E-state index contributed by atoms with van der Waals surface area (Å²) in [5, 5.41) is 0. The summed E-state index contributed by atoms with van der Waals surface area (Å²) in [4.78, 5) is 9.10. The van der Waals surface area contributed by atoms with Gasteiger partial charge in [0.15, 0.2) is 0 Å². The molecule has 0 radical (unpaired) electrons. The SMILES string of the molecule is CCN1CCN(c2ccc(NS(=O)(=O)c3ccc(OC)cc3)nc2)CC1. The van der Waals surface area contributed by atoms with Crippen molar-refractivity contribution in [1.29, 1.82) is 0 Å². The minimum absolute atomic E-state index is 0.167. The van der Waals surface area contributed by atoms with Gasteiger partial charge in [-0.15, -0.1) is 0 Å². The van der Waals surface area contributed by atoms with Gasteiger partial charge in [0.25, 0.3) is 10.0 Å². The maximum Gasteiger partial charge on any atom is 0.263 e. The van der Waals surface area contributed by atoms with E-state index >= 15 is 0 Å². The summed E-state index contributed by atoms with van der Waals surface area (Å²) in [6, 6.07) is 9.83. The van der Waals surface area contributed by atoms with E-state index in [1.807, 2.05) is 6.07 Å². The maximum absolute atomic E-state index is 12.4. The highest BCUT2D eigenvalue weighted by molar-refractivity contribution is 7.92. The largest absolute Gasteiger partial charge is 0.497 e. The van der Waals surface area contributed by atoms with Crippen molar-refractivity contribution < 1.29 is 13.2 Å². The highest BCUT2D eigenvalue weighted by Gasteiger charge is 2.17. The number of sulfonamides is 1. The Morgan fingerprint density at radius 1 is 1.08 bits per heavy atom. The van der Waals surface area contributed by atoms with E-state index in [9.17, 15) is 8.42 Å². The second-order valence-electron chi connectivity index (χ2n) is 6.10. The lowest BCUT2D eigenvalue weighted by atomic mass is 10.3. The Bertz CT molecular complexity index is 815. The number of pyridine rings is 1. The summed E-state index contributed by atoms with van der Waals surface area (Å²) in [5.74, 6) is 0.909. The van der Waals surface area contributed by atoms with Gasteiger partial charge in [-0.25, -0.2) is 13.4 Å². The van der Waals surface area contributed by atoms with Gasteiger partial charge in [0, 0.05) is 26.2 Å². The highest BCUT2D eigenvalue weighted by atomic mass is 32.2. The van der Waals surface area contributed by atoms with Gasteiger partial charge in [0.1, 0.15) is 11.6 Å². The van der Waals surface area contributed by atoms with Crippen LogP contribution in [0.5, 0.6) is 5.75 Å². The lowest BCUT2D eigenvalue weighted by molar-refractivity contribution is 0.271. The van der Waals surface area contributed by atoms with Crippen molar-refractivity contribution >= 4 is 21.5 Å². The minimum Gasteiger partial charge on any atom is -0.497 e. The van der Waals surface area contributed by atoms with Crippen LogP contribution in [-0.4, -0.2) is 58.1 Å². The highest BCUT2D eigenvalue weighted by Crippen LogP contribution is 2.20. The van der Waals surface area contributed by atoms with Crippen LogP contribution in [0.3, 0.4) is 0 Å². The van der Waals surface area contributed by atoms with Gasteiger partial charge in [0.2, 0.25) is 0 Å². The van der Waals surface area contributed by atoms with Crippen LogP contribution in [0.4, 0.5) is 11.5 Å². The van der Waals surface area contributed by atoms with Gasteiger partial charge in [-0.2, -0.15) is 0 Å². The summed E-state index contributed by atoms with van der Waals surface area (Å²) in [6.07, 6.45) is 1.72. The van der Waals surface area contributed by atoms with Crippen LogP contribution in [0.15, 0.2) is 47.5 Å². The zero-order chi connectivity index (χ0) is 18.6. The summed E-state index contributed by atoms with van der Waals surface area (Å²) in [5.41, 5.74) is 1.01. The summed E-state index contributed by atoms with van der Waals surface area (Å²) in [6.45, 7) is 7.20. The first-order valence-electron chi connectivity index (χ1n) is 8.62. The molecule has 3 rings (SSSR count). The fourth-order valence-corrected chi connectivity index (χ4v) is 3.92. The molecule has 1 N–H and O–H groups in total. The molecule has 26 heavy (non-hydrogen) atoms. The lowest BCUT2D eigenvalue weighted by Gasteiger charge is -2.35. The number of piperazine rings is 1. The van der Waals surface area contributed by atoms with Crippen LogP contribution in [0.2, 0.25) is 0 Å². The Hall–Kier alpha value is -2.32. The molecule has 8 heteroatoms. The number of hydrogen-bond acceptors (Lipinski definition) is 6. The van der Waals surface area contributed by atoms with E-state index in [4.69, 9.17) is 4.74 Å². The third-order valence-corrected chi connectivity index (χ3v) is 5.91.